The van der Waals surface area contributed by atoms with Crippen molar-refractivity contribution in [2.45, 2.75) is 20.4 Å². The Labute approximate surface area is 156 Å². The van der Waals surface area contributed by atoms with E-state index in [9.17, 15) is 18.8 Å². The van der Waals surface area contributed by atoms with Gasteiger partial charge in [-0.1, -0.05) is 26.0 Å². The number of carboxylic acids is 1. The number of benzene rings is 2. The van der Waals surface area contributed by atoms with Crippen molar-refractivity contribution in [3.63, 3.8) is 0 Å². The molecule has 0 spiro atoms. The van der Waals surface area contributed by atoms with Gasteiger partial charge in [0.25, 0.3) is 5.91 Å². The quantitative estimate of drug-likeness (QED) is 0.814. The van der Waals surface area contributed by atoms with E-state index in [1.54, 1.807) is 36.2 Å². The average Bonchev–Trinajstić information content (AvgIpc) is 2.62. The maximum atomic E-state index is 13.9. The summed E-state index contributed by atoms with van der Waals surface area (Å²) < 4.78 is 13.9. The van der Waals surface area contributed by atoms with Crippen molar-refractivity contribution < 1.29 is 23.9 Å². The normalized spacial score (nSPS) is 10.6. The summed E-state index contributed by atoms with van der Waals surface area (Å²) in [5, 5.41) is 11.2. The van der Waals surface area contributed by atoms with Crippen LogP contribution in [0.1, 0.15) is 40.1 Å². The van der Waals surface area contributed by atoms with Crippen molar-refractivity contribution in [3.05, 3.63) is 65.0 Å². The molecule has 7 heteroatoms. The van der Waals surface area contributed by atoms with Gasteiger partial charge in [0.1, 0.15) is 5.82 Å². The highest BCUT2D eigenvalue weighted by molar-refractivity contribution is 6.04. The van der Waals surface area contributed by atoms with Crippen LogP contribution < -0.4 is 5.32 Å². The molecule has 0 aliphatic rings. The standard InChI is InChI=1S/C20H21FN2O4/c1-12(2)19(25)23(3)11-13-4-6-14(7-5-13)18(24)22-17-9-8-15(20(26)27)10-16(17)21/h4-10,12H,11H2,1-3H3,(H,22,24)(H,26,27). The van der Waals surface area contributed by atoms with Crippen LogP contribution in [0.2, 0.25) is 0 Å². The summed E-state index contributed by atoms with van der Waals surface area (Å²) in [5.41, 5.74) is 0.879. The van der Waals surface area contributed by atoms with Crippen molar-refractivity contribution in [1.29, 1.82) is 0 Å². The number of aromatic carboxylic acids is 1. The number of carboxylic acid groups (broad SMARTS) is 1. The van der Waals surface area contributed by atoms with E-state index in [1.807, 2.05) is 13.8 Å². The van der Waals surface area contributed by atoms with Gasteiger partial charge in [-0.05, 0) is 35.9 Å². The lowest BCUT2D eigenvalue weighted by molar-refractivity contribution is -0.133. The highest BCUT2D eigenvalue weighted by Gasteiger charge is 2.14. The molecule has 142 valence electrons. The Bertz CT molecular complexity index is 863. The summed E-state index contributed by atoms with van der Waals surface area (Å²) >= 11 is 0. The molecule has 27 heavy (non-hydrogen) atoms. The molecular formula is C20H21FN2O4. The van der Waals surface area contributed by atoms with Crippen LogP contribution in [0.4, 0.5) is 10.1 Å². The van der Waals surface area contributed by atoms with E-state index >= 15 is 0 Å². The molecule has 2 aromatic carbocycles. The fraction of sp³-hybridized carbons (Fsp3) is 0.250. The first-order valence-corrected chi connectivity index (χ1v) is 8.37. The van der Waals surface area contributed by atoms with Crippen molar-refractivity contribution in [3.8, 4) is 0 Å². The number of amides is 2. The molecule has 0 bridgehead atoms. The van der Waals surface area contributed by atoms with Gasteiger partial charge in [-0.2, -0.15) is 0 Å². The summed E-state index contributed by atoms with van der Waals surface area (Å²) in [7, 11) is 1.71. The zero-order valence-corrected chi connectivity index (χ0v) is 15.3. The number of halogens is 1. The Morgan fingerprint density at radius 1 is 1.07 bits per heavy atom. The number of nitrogens with one attached hydrogen (secondary N) is 1. The Kier molecular flexibility index (Phi) is 6.28. The highest BCUT2D eigenvalue weighted by atomic mass is 19.1. The Morgan fingerprint density at radius 3 is 2.19 bits per heavy atom. The van der Waals surface area contributed by atoms with Gasteiger partial charge in [0.2, 0.25) is 5.91 Å². The molecule has 6 nitrogen and oxygen atoms in total. The smallest absolute Gasteiger partial charge is 0.335 e. The Morgan fingerprint density at radius 2 is 1.67 bits per heavy atom. The second-order valence-electron chi connectivity index (χ2n) is 6.50. The van der Waals surface area contributed by atoms with Crippen LogP contribution in [0, 0.1) is 11.7 Å². The molecule has 0 radical (unpaired) electrons. The van der Waals surface area contributed by atoms with Gasteiger partial charge in [-0.25, -0.2) is 9.18 Å². The van der Waals surface area contributed by atoms with E-state index < -0.39 is 17.7 Å². The van der Waals surface area contributed by atoms with Gasteiger partial charge in [-0.3, -0.25) is 9.59 Å². The summed E-state index contributed by atoms with van der Waals surface area (Å²) in [6, 6.07) is 9.89. The first-order chi connectivity index (χ1) is 12.7. The molecular weight excluding hydrogens is 351 g/mol. The SMILES string of the molecule is CC(C)C(=O)N(C)Cc1ccc(C(=O)Nc2ccc(C(=O)O)cc2F)cc1. The van der Waals surface area contributed by atoms with E-state index in [2.05, 4.69) is 5.32 Å². The summed E-state index contributed by atoms with van der Waals surface area (Å²) in [6.07, 6.45) is 0. The largest absolute Gasteiger partial charge is 0.478 e. The maximum absolute atomic E-state index is 13.9. The molecule has 2 amide bonds. The van der Waals surface area contributed by atoms with E-state index in [4.69, 9.17) is 5.11 Å². The third-order valence-corrected chi connectivity index (χ3v) is 3.97. The minimum atomic E-state index is -1.25. The van der Waals surface area contributed by atoms with Crippen molar-refractivity contribution >= 4 is 23.5 Å². The van der Waals surface area contributed by atoms with Gasteiger partial charge >= 0.3 is 5.97 Å². The van der Waals surface area contributed by atoms with Gasteiger partial charge in [0, 0.05) is 25.1 Å². The highest BCUT2D eigenvalue weighted by Crippen LogP contribution is 2.17. The molecule has 0 atom stereocenters. The first kappa shape index (κ1) is 20.1. The van der Waals surface area contributed by atoms with Crippen molar-refractivity contribution in [2.24, 2.45) is 5.92 Å². The Balaban J connectivity index is 2.05. The van der Waals surface area contributed by atoms with Crippen LogP contribution in [0.15, 0.2) is 42.5 Å². The minimum absolute atomic E-state index is 0.0251. The van der Waals surface area contributed by atoms with Gasteiger partial charge in [-0.15, -0.1) is 0 Å². The first-order valence-electron chi connectivity index (χ1n) is 8.37. The summed E-state index contributed by atoms with van der Waals surface area (Å²) in [4.78, 5) is 36.6. The van der Waals surface area contributed by atoms with E-state index in [0.717, 1.165) is 11.6 Å². The second-order valence-corrected chi connectivity index (χ2v) is 6.50. The molecule has 0 heterocycles. The number of rotatable bonds is 6. The predicted molar refractivity (Wildman–Crippen MR) is 99.1 cm³/mol. The van der Waals surface area contributed by atoms with Crippen LogP contribution >= 0.6 is 0 Å². The van der Waals surface area contributed by atoms with Crippen LogP contribution in [-0.2, 0) is 11.3 Å². The van der Waals surface area contributed by atoms with Gasteiger partial charge in [0.15, 0.2) is 0 Å². The minimum Gasteiger partial charge on any atom is -0.478 e. The fourth-order valence-corrected chi connectivity index (χ4v) is 2.50. The van der Waals surface area contributed by atoms with Crippen molar-refractivity contribution in [2.75, 3.05) is 12.4 Å². The van der Waals surface area contributed by atoms with Gasteiger partial charge in [0.05, 0.1) is 11.3 Å². The molecule has 0 unspecified atom stereocenters. The zero-order valence-electron chi connectivity index (χ0n) is 15.3. The molecule has 2 aromatic rings. The number of hydrogen-bond donors (Lipinski definition) is 2. The number of anilines is 1. The van der Waals surface area contributed by atoms with E-state index in [-0.39, 0.29) is 23.1 Å². The molecule has 0 aliphatic heterocycles. The van der Waals surface area contributed by atoms with Crippen molar-refractivity contribution in [1.82, 2.24) is 4.90 Å². The van der Waals surface area contributed by atoms with Crippen LogP contribution in [0.25, 0.3) is 0 Å². The topological polar surface area (TPSA) is 86.7 Å². The number of hydrogen-bond acceptors (Lipinski definition) is 3. The molecule has 2 rings (SSSR count). The van der Waals surface area contributed by atoms with Crippen LogP contribution in [0.3, 0.4) is 0 Å². The summed E-state index contributed by atoms with van der Waals surface area (Å²) in [5.74, 6) is -2.66. The zero-order chi connectivity index (χ0) is 20.1. The molecule has 0 fully saturated rings. The summed E-state index contributed by atoms with van der Waals surface area (Å²) in [6.45, 7) is 4.08. The number of carbonyl (C=O) groups is 3. The molecule has 2 N–H and O–H groups in total. The molecule has 0 saturated carbocycles. The van der Waals surface area contributed by atoms with Crippen LogP contribution in [0.5, 0.6) is 0 Å². The molecule has 0 aromatic heterocycles. The third-order valence-electron chi connectivity index (χ3n) is 3.97. The second kappa shape index (κ2) is 8.44. The monoisotopic (exact) mass is 372 g/mol. The van der Waals surface area contributed by atoms with Gasteiger partial charge < -0.3 is 15.3 Å². The maximum Gasteiger partial charge on any atom is 0.335 e. The molecule has 0 aliphatic carbocycles. The third kappa shape index (κ3) is 5.13. The van der Waals surface area contributed by atoms with E-state index in [0.29, 0.717) is 12.1 Å². The fourth-order valence-electron chi connectivity index (χ4n) is 2.50. The Hall–Kier alpha value is -3.22. The average molecular weight is 372 g/mol. The number of nitrogens with zero attached hydrogens (tertiary/aromatic N) is 1. The van der Waals surface area contributed by atoms with E-state index in [1.165, 1.54) is 12.1 Å². The van der Waals surface area contributed by atoms with Crippen LogP contribution in [-0.4, -0.2) is 34.8 Å². The lowest BCUT2D eigenvalue weighted by atomic mass is 10.1. The number of carbonyl (C=O) groups excluding carboxylic acids is 2. The lowest BCUT2D eigenvalue weighted by Gasteiger charge is -2.19. The lowest BCUT2D eigenvalue weighted by Crippen LogP contribution is -2.29. The predicted octanol–water partition coefficient (Wildman–Crippen LogP) is 3.39. The molecule has 0 saturated heterocycles.